The molecule has 0 saturated carbocycles. The summed E-state index contributed by atoms with van der Waals surface area (Å²) < 4.78 is 11.3. The molecule has 0 fully saturated rings. The lowest BCUT2D eigenvalue weighted by Gasteiger charge is -2.20. The standard InChI is InChI=1S/C21H30N2O2/c1-17(23-16-21(24-3)19-7-5-4-6-8-19)15-18-9-11-20(12-10-18)25-14-13-22-2/h4-12,17,21-23H,13-16H2,1-3H3. The van der Waals surface area contributed by atoms with Gasteiger partial charge in [-0.15, -0.1) is 0 Å². The first-order valence-corrected chi connectivity index (χ1v) is 8.90. The molecule has 25 heavy (non-hydrogen) atoms. The highest BCUT2D eigenvalue weighted by molar-refractivity contribution is 5.27. The Morgan fingerprint density at radius 1 is 1.00 bits per heavy atom. The van der Waals surface area contributed by atoms with Crippen molar-refractivity contribution in [1.82, 2.24) is 10.6 Å². The molecule has 4 nitrogen and oxygen atoms in total. The predicted octanol–water partition coefficient (Wildman–Crippen LogP) is 3.19. The van der Waals surface area contributed by atoms with E-state index in [2.05, 4.69) is 41.8 Å². The van der Waals surface area contributed by atoms with Gasteiger partial charge in [-0.2, -0.15) is 0 Å². The molecule has 2 atom stereocenters. The first-order valence-electron chi connectivity index (χ1n) is 8.90. The second-order valence-electron chi connectivity index (χ2n) is 6.24. The molecule has 2 aromatic rings. The molecular weight excluding hydrogens is 312 g/mol. The highest BCUT2D eigenvalue weighted by Gasteiger charge is 2.12. The molecule has 0 aliphatic heterocycles. The monoisotopic (exact) mass is 342 g/mol. The van der Waals surface area contributed by atoms with Gasteiger partial charge < -0.3 is 20.1 Å². The number of benzene rings is 2. The molecule has 0 amide bonds. The molecule has 0 radical (unpaired) electrons. The quantitative estimate of drug-likeness (QED) is 0.616. The number of likely N-dealkylation sites (N-methyl/N-ethyl adjacent to an activating group) is 1. The lowest BCUT2D eigenvalue weighted by atomic mass is 10.1. The van der Waals surface area contributed by atoms with E-state index in [0.717, 1.165) is 25.3 Å². The van der Waals surface area contributed by atoms with Gasteiger partial charge in [-0.05, 0) is 43.7 Å². The SMILES string of the molecule is CNCCOc1ccc(CC(C)NCC(OC)c2ccccc2)cc1. The van der Waals surface area contributed by atoms with E-state index >= 15 is 0 Å². The molecule has 0 saturated heterocycles. The summed E-state index contributed by atoms with van der Waals surface area (Å²) in [4.78, 5) is 0. The van der Waals surface area contributed by atoms with E-state index in [-0.39, 0.29) is 6.10 Å². The van der Waals surface area contributed by atoms with Crippen LogP contribution in [0.25, 0.3) is 0 Å². The summed E-state index contributed by atoms with van der Waals surface area (Å²) in [5.41, 5.74) is 2.50. The maximum atomic E-state index is 5.65. The van der Waals surface area contributed by atoms with E-state index in [9.17, 15) is 0 Å². The number of methoxy groups -OCH3 is 1. The highest BCUT2D eigenvalue weighted by Crippen LogP contribution is 2.16. The molecular formula is C21H30N2O2. The van der Waals surface area contributed by atoms with Gasteiger partial charge in [0, 0.05) is 26.2 Å². The maximum absolute atomic E-state index is 5.65. The Bertz CT molecular complexity index is 587. The third-order valence-electron chi connectivity index (χ3n) is 4.19. The molecule has 0 aliphatic rings. The largest absolute Gasteiger partial charge is 0.492 e. The van der Waals surface area contributed by atoms with Crippen molar-refractivity contribution in [3.05, 3.63) is 65.7 Å². The van der Waals surface area contributed by atoms with Gasteiger partial charge in [0.15, 0.2) is 0 Å². The molecule has 136 valence electrons. The number of ether oxygens (including phenoxy) is 2. The van der Waals surface area contributed by atoms with Crippen LogP contribution in [0.5, 0.6) is 5.75 Å². The lowest BCUT2D eigenvalue weighted by molar-refractivity contribution is 0.0999. The molecule has 2 aromatic carbocycles. The van der Waals surface area contributed by atoms with Crippen LogP contribution in [0.1, 0.15) is 24.2 Å². The Morgan fingerprint density at radius 2 is 1.72 bits per heavy atom. The van der Waals surface area contributed by atoms with Gasteiger partial charge in [0.05, 0.1) is 6.10 Å². The Morgan fingerprint density at radius 3 is 2.36 bits per heavy atom. The topological polar surface area (TPSA) is 42.5 Å². The number of hydrogen-bond acceptors (Lipinski definition) is 4. The Balaban J connectivity index is 1.78. The zero-order chi connectivity index (χ0) is 17.9. The van der Waals surface area contributed by atoms with Crippen molar-refractivity contribution in [2.45, 2.75) is 25.5 Å². The average molecular weight is 342 g/mol. The van der Waals surface area contributed by atoms with Gasteiger partial charge in [0.25, 0.3) is 0 Å². The van der Waals surface area contributed by atoms with Crippen LogP contribution in [0, 0.1) is 0 Å². The van der Waals surface area contributed by atoms with Crippen molar-refractivity contribution >= 4 is 0 Å². The van der Waals surface area contributed by atoms with E-state index in [4.69, 9.17) is 9.47 Å². The number of rotatable bonds is 11. The third-order valence-corrected chi connectivity index (χ3v) is 4.19. The third kappa shape index (κ3) is 6.86. The minimum Gasteiger partial charge on any atom is -0.492 e. The second kappa shape index (κ2) is 10.9. The van der Waals surface area contributed by atoms with Crippen molar-refractivity contribution in [2.24, 2.45) is 0 Å². The van der Waals surface area contributed by atoms with Crippen LogP contribution in [0.4, 0.5) is 0 Å². The first-order chi connectivity index (χ1) is 12.2. The van der Waals surface area contributed by atoms with Crippen LogP contribution in [0.3, 0.4) is 0 Å². The Kier molecular flexibility index (Phi) is 8.46. The second-order valence-corrected chi connectivity index (χ2v) is 6.24. The zero-order valence-electron chi connectivity index (χ0n) is 15.5. The van der Waals surface area contributed by atoms with Crippen LogP contribution >= 0.6 is 0 Å². The summed E-state index contributed by atoms with van der Waals surface area (Å²) in [6.07, 6.45) is 1.05. The summed E-state index contributed by atoms with van der Waals surface area (Å²) in [5, 5.41) is 6.64. The number of nitrogens with one attached hydrogen (secondary N) is 2. The molecule has 0 heterocycles. The van der Waals surface area contributed by atoms with Crippen LogP contribution in [-0.4, -0.2) is 39.9 Å². The lowest BCUT2D eigenvalue weighted by Crippen LogP contribution is -2.32. The fraction of sp³-hybridized carbons (Fsp3) is 0.429. The molecule has 2 rings (SSSR count). The maximum Gasteiger partial charge on any atom is 0.119 e. The Labute approximate surface area is 151 Å². The van der Waals surface area contributed by atoms with Crippen molar-refractivity contribution < 1.29 is 9.47 Å². The van der Waals surface area contributed by atoms with Gasteiger partial charge in [0.2, 0.25) is 0 Å². The van der Waals surface area contributed by atoms with E-state index in [1.807, 2.05) is 37.4 Å². The highest BCUT2D eigenvalue weighted by atomic mass is 16.5. The summed E-state index contributed by atoms with van der Waals surface area (Å²) in [5.74, 6) is 0.920. The fourth-order valence-electron chi connectivity index (χ4n) is 2.73. The van der Waals surface area contributed by atoms with Crippen LogP contribution < -0.4 is 15.4 Å². The minimum atomic E-state index is 0.0756. The first kappa shape index (κ1) is 19.4. The van der Waals surface area contributed by atoms with Gasteiger partial charge in [0.1, 0.15) is 12.4 Å². The van der Waals surface area contributed by atoms with E-state index in [1.54, 1.807) is 7.11 Å². The van der Waals surface area contributed by atoms with Crippen molar-refractivity contribution in [3.63, 3.8) is 0 Å². The number of hydrogen-bond donors (Lipinski definition) is 2. The van der Waals surface area contributed by atoms with Crippen LogP contribution in [-0.2, 0) is 11.2 Å². The smallest absolute Gasteiger partial charge is 0.119 e. The van der Waals surface area contributed by atoms with Crippen LogP contribution in [0.2, 0.25) is 0 Å². The van der Waals surface area contributed by atoms with Gasteiger partial charge in [-0.3, -0.25) is 0 Å². The molecule has 0 bridgehead atoms. The van der Waals surface area contributed by atoms with Gasteiger partial charge >= 0.3 is 0 Å². The van der Waals surface area contributed by atoms with E-state index in [1.165, 1.54) is 11.1 Å². The molecule has 0 aromatic heterocycles. The predicted molar refractivity (Wildman–Crippen MR) is 103 cm³/mol. The van der Waals surface area contributed by atoms with Crippen LogP contribution in [0.15, 0.2) is 54.6 Å². The summed E-state index contributed by atoms with van der Waals surface area (Å²) >= 11 is 0. The normalized spacial score (nSPS) is 13.4. The van der Waals surface area contributed by atoms with Gasteiger partial charge in [-0.25, -0.2) is 0 Å². The van der Waals surface area contributed by atoms with Crippen molar-refractivity contribution in [1.29, 1.82) is 0 Å². The van der Waals surface area contributed by atoms with Crippen molar-refractivity contribution in [2.75, 3.05) is 33.9 Å². The van der Waals surface area contributed by atoms with E-state index in [0.29, 0.717) is 12.6 Å². The molecule has 4 heteroatoms. The molecule has 0 spiro atoms. The summed E-state index contributed by atoms with van der Waals surface area (Å²) in [6.45, 7) is 4.54. The van der Waals surface area contributed by atoms with E-state index < -0.39 is 0 Å². The molecule has 2 unspecified atom stereocenters. The summed E-state index contributed by atoms with van der Waals surface area (Å²) in [7, 11) is 3.68. The fourth-order valence-corrected chi connectivity index (χ4v) is 2.73. The molecule has 0 aliphatic carbocycles. The summed E-state index contributed by atoms with van der Waals surface area (Å²) in [6, 6.07) is 19.1. The average Bonchev–Trinajstić information content (AvgIpc) is 2.65. The zero-order valence-corrected chi connectivity index (χ0v) is 15.5. The molecule has 2 N–H and O–H groups in total. The van der Waals surface area contributed by atoms with Crippen molar-refractivity contribution in [3.8, 4) is 5.75 Å². The Hall–Kier alpha value is -1.88. The minimum absolute atomic E-state index is 0.0756. The van der Waals surface area contributed by atoms with Gasteiger partial charge in [-0.1, -0.05) is 42.5 Å².